The average Bonchev–Trinajstić information content (AvgIpc) is 2.67. The highest BCUT2D eigenvalue weighted by Gasteiger charge is 2.32. The molecule has 0 bridgehead atoms. The molecule has 1 heterocycles. The second-order valence-electron chi connectivity index (χ2n) is 7.09. The first-order chi connectivity index (χ1) is 12.2. The van der Waals surface area contributed by atoms with E-state index in [1.807, 2.05) is 12.1 Å². The van der Waals surface area contributed by atoms with E-state index in [9.17, 15) is 4.39 Å². The lowest BCUT2D eigenvalue weighted by atomic mass is 9.78. The second kappa shape index (κ2) is 8.60. The number of allylic oxidation sites excluding steroid dienone is 1. The number of rotatable bonds is 4. The van der Waals surface area contributed by atoms with Crippen LogP contribution in [0, 0.1) is 29.0 Å². The molecule has 134 valence electrons. The maximum absolute atomic E-state index is 13.8. The zero-order valence-corrected chi connectivity index (χ0v) is 14.8. The minimum Gasteiger partial charge on any atom is -0.352 e. The minimum absolute atomic E-state index is 0.0927. The van der Waals surface area contributed by atoms with Gasteiger partial charge in [0.15, 0.2) is 6.29 Å². The highest BCUT2D eigenvalue weighted by molar-refractivity contribution is 5.34. The molecule has 0 unspecified atom stereocenters. The number of hydrogen-bond donors (Lipinski definition) is 0. The molecule has 0 spiro atoms. The van der Waals surface area contributed by atoms with Gasteiger partial charge in [-0.2, -0.15) is 5.26 Å². The Morgan fingerprint density at radius 1 is 1.20 bits per heavy atom. The molecular formula is C21H26FNO2. The van der Waals surface area contributed by atoms with Gasteiger partial charge in [0.2, 0.25) is 0 Å². The first-order valence-corrected chi connectivity index (χ1v) is 9.30. The van der Waals surface area contributed by atoms with Crippen LogP contribution in [0.4, 0.5) is 4.39 Å². The Labute approximate surface area is 149 Å². The lowest BCUT2D eigenvalue weighted by Crippen LogP contribution is -2.37. The summed E-state index contributed by atoms with van der Waals surface area (Å²) in [7, 11) is 0. The Kier molecular flexibility index (Phi) is 6.23. The van der Waals surface area contributed by atoms with Gasteiger partial charge >= 0.3 is 0 Å². The first kappa shape index (κ1) is 18.1. The Hall–Kier alpha value is -1.70. The first-order valence-electron chi connectivity index (χ1n) is 9.30. The number of ether oxygens (including phenoxy) is 2. The van der Waals surface area contributed by atoms with Gasteiger partial charge in [-0.25, -0.2) is 4.39 Å². The van der Waals surface area contributed by atoms with Crippen molar-refractivity contribution in [3.05, 3.63) is 47.3 Å². The van der Waals surface area contributed by atoms with Crippen molar-refractivity contribution >= 4 is 0 Å². The van der Waals surface area contributed by atoms with E-state index in [0.717, 1.165) is 50.9 Å². The summed E-state index contributed by atoms with van der Waals surface area (Å²) < 4.78 is 25.7. The summed E-state index contributed by atoms with van der Waals surface area (Å²) in [5.41, 5.74) is 1.12. The average molecular weight is 343 g/mol. The van der Waals surface area contributed by atoms with Crippen molar-refractivity contribution in [2.24, 2.45) is 11.8 Å². The van der Waals surface area contributed by atoms with Gasteiger partial charge in [0.25, 0.3) is 0 Å². The summed E-state index contributed by atoms with van der Waals surface area (Å²) in [5.74, 6) is 0.749. The lowest BCUT2D eigenvalue weighted by molar-refractivity contribution is -0.222. The monoisotopic (exact) mass is 343 g/mol. The van der Waals surface area contributed by atoms with E-state index in [-0.39, 0.29) is 11.9 Å². The standard InChI is InChI=1S/C21H26FNO2/c1-2-3-4-15-13-24-21(25-14-15)17-7-5-16(6-8-17)18-9-10-19(12-23)20(22)11-18/h3-4,9-11,15-17,21H,2,5-8,13-14H2,1H3. The zero-order valence-electron chi connectivity index (χ0n) is 14.8. The van der Waals surface area contributed by atoms with Crippen molar-refractivity contribution in [3.8, 4) is 6.07 Å². The molecule has 1 aliphatic carbocycles. The topological polar surface area (TPSA) is 42.2 Å². The summed E-state index contributed by atoms with van der Waals surface area (Å²) in [5, 5.41) is 8.84. The van der Waals surface area contributed by atoms with Crippen LogP contribution in [0.3, 0.4) is 0 Å². The highest BCUT2D eigenvalue weighted by Crippen LogP contribution is 2.39. The van der Waals surface area contributed by atoms with Gasteiger partial charge in [-0.15, -0.1) is 0 Å². The molecule has 0 aromatic heterocycles. The molecule has 2 fully saturated rings. The van der Waals surface area contributed by atoms with Crippen molar-refractivity contribution in [1.82, 2.24) is 0 Å². The molecule has 1 aliphatic heterocycles. The predicted octanol–water partition coefficient (Wildman–Crippen LogP) is 4.93. The maximum atomic E-state index is 13.8. The third-order valence-corrected chi connectivity index (χ3v) is 5.33. The summed E-state index contributed by atoms with van der Waals surface area (Å²) in [6.45, 7) is 3.60. The van der Waals surface area contributed by atoms with Crippen LogP contribution in [-0.2, 0) is 9.47 Å². The van der Waals surface area contributed by atoms with Crippen LogP contribution in [0.1, 0.15) is 56.1 Å². The number of nitrogens with zero attached hydrogens (tertiary/aromatic N) is 1. The van der Waals surface area contributed by atoms with E-state index in [2.05, 4.69) is 19.1 Å². The molecule has 0 amide bonds. The minimum atomic E-state index is -0.410. The largest absolute Gasteiger partial charge is 0.352 e. The third-order valence-electron chi connectivity index (χ3n) is 5.33. The SMILES string of the molecule is CCC=CC1COC(C2CCC(c3ccc(C#N)c(F)c3)CC2)OC1. The van der Waals surface area contributed by atoms with Crippen LogP contribution >= 0.6 is 0 Å². The summed E-state index contributed by atoms with van der Waals surface area (Å²) in [4.78, 5) is 0. The van der Waals surface area contributed by atoms with E-state index in [0.29, 0.717) is 17.8 Å². The van der Waals surface area contributed by atoms with Gasteiger partial charge in [-0.1, -0.05) is 25.1 Å². The molecule has 0 atom stereocenters. The molecule has 3 rings (SSSR count). The molecule has 1 saturated heterocycles. The molecule has 3 nitrogen and oxygen atoms in total. The smallest absolute Gasteiger partial charge is 0.160 e. The van der Waals surface area contributed by atoms with Gasteiger partial charge < -0.3 is 9.47 Å². The molecule has 25 heavy (non-hydrogen) atoms. The van der Waals surface area contributed by atoms with E-state index in [1.165, 1.54) is 6.07 Å². The summed E-state index contributed by atoms with van der Waals surface area (Å²) in [6, 6.07) is 6.89. The predicted molar refractivity (Wildman–Crippen MR) is 94.4 cm³/mol. The lowest BCUT2D eigenvalue weighted by Gasteiger charge is -2.37. The highest BCUT2D eigenvalue weighted by atomic mass is 19.1. The van der Waals surface area contributed by atoms with Gasteiger partial charge in [0, 0.05) is 11.8 Å². The quantitative estimate of drug-likeness (QED) is 0.728. The van der Waals surface area contributed by atoms with Crippen LogP contribution in [-0.4, -0.2) is 19.5 Å². The van der Waals surface area contributed by atoms with Crippen LogP contribution < -0.4 is 0 Å². The van der Waals surface area contributed by atoms with Crippen molar-refractivity contribution in [1.29, 1.82) is 5.26 Å². The molecule has 2 aliphatic rings. The normalized spacial score (nSPS) is 30.3. The Balaban J connectivity index is 1.50. The van der Waals surface area contributed by atoms with E-state index >= 15 is 0 Å². The Morgan fingerprint density at radius 2 is 1.92 bits per heavy atom. The van der Waals surface area contributed by atoms with Crippen LogP contribution in [0.15, 0.2) is 30.4 Å². The van der Waals surface area contributed by atoms with Crippen molar-refractivity contribution in [2.75, 3.05) is 13.2 Å². The Morgan fingerprint density at radius 3 is 2.52 bits per heavy atom. The summed E-state index contributed by atoms with van der Waals surface area (Å²) in [6.07, 6.45) is 9.40. The van der Waals surface area contributed by atoms with Crippen LogP contribution in [0.5, 0.6) is 0 Å². The van der Waals surface area contributed by atoms with Gasteiger partial charge in [-0.3, -0.25) is 0 Å². The van der Waals surface area contributed by atoms with E-state index in [1.54, 1.807) is 6.07 Å². The van der Waals surface area contributed by atoms with E-state index < -0.39 is 5.82 Å². The van der Waals surface area contributed by atoms with Crippen molar-refractivity contribution < 1.29 is 13.9 Å². The zero-order chi connectivity index (χ0) is 17.6. The molecule has 1 aromatic rings. The molecule has 4 heteroatoms. The van der Waals surface area contributed by atoms with Crippen LogP contribution in [0.2, 0.25) is 0 Å². The fourth-order valence-electron chi connectivity index (χ4n) is 3.85. The molecular weight excluding hydrogens is 317 g/mol. The Bertz CT molecular complexity index is 636. The van der Waals surface area contributed by atoms with Gasteiger partial charge in [0.05, 0.1) is 18.8 Å². The summed E-state index contributed by atoms with van der Waals surface area (Å²) >= 11 is 0. The maximum Gasteiger partial charge on any atom is 0.160 e. The number of halogens is 1. The van der Waals surface area contributed by atoms with Gasteiger partial charge in [-0.05, 0) is 55.7 Å². The molecule has 0 N–H and O–H groups in total. The van der Waals surface area contributed by atoms with E-state index in [4.69, 9.17) is 14.7 Å². The molecule has 1 aromatic carbocycles. The number of benzene rings is 1. The van der Waals surface area contributed by atoms with Crippen molar-refractivity contribution in [3.63, 3.8) is 0 Å². The third kappa shape index (κ3) is 4.48. The fraction of sp³-hybridized carbons (Fsp3) is 0.571. The van der Waals surface area contributed by atoms with Gasteiger partial charge in [0.1, 0.15) is 11.9 Å². The number of hydrogen-bond acceptors (Lipinski definition) is 3. The fourth-order valence-corrected chi connectivity index (χ4v) is 3.85. The molecule has 1 saturated carbocycles. The van der Waals surface area contributed by atoms with Crippen molar-refractivity contribution in [2.45, 2.75) is 51.2 Å². The van der Waals surface area contributed by atoms with Crippen LogP contribution in [0.25, 0.3) is 0 Å². The second-order valence-corrected chi connectivity index (χ2v) is 7.09. The number of nitriles is 1. The molecule has 0 radical (unpaired) electrons.